The number of hydrogen-bond acceptors (Lipinski definition) is 5. The lowest BCUT2D eigenvalue weighted by molar-refractivity contribution is -0.125. The summed E-state index contributed by atoms with van der Waals surface area (Å²) in [5.74, 6) is -4.63. The lowest BCUT2D eigenvalue weighted by Gasteiger charge is -2.30. The minimum Gasteiger partial charge on any atom is -0.395 e. The van der Waals surface area contributed by atoms with Crippen LogP contribution in [0.2, 0.25) is 0 Å². The third kappa shape index (κ3) is 5.41. The number of rotatable bonds is 6. The zero-order chi connectivity index (χ0) is 25.2. The van der Waals surface area contributed by atoms with E-state index in [0.717, 1.165) is 6.07 Å². The number of hydrogen-bond donors (Lipinski definition) is 3. The molecule has 2 amide bonds. The van der Waals surface area contributed by atoms with Crippen molar-refractivity contribution in [1.29, 1.82) is 0 Å². The number of carbonyl (C=O) groups excluding carboxylic acids is 2. The molecule has 3 N–H and O–H groups in total. The number of carbonyl (C=O) groups is 2. The van der Waals surface area contributed by atoms with Crippen molar-refractivity contribution >= 4 is 11.8 Å². The molecule has 0 spiro atoms. The number of imidazole rings is 1. The van der Waals surface area contributed by atoms with Gasteiger partial charge in [-0.15, -0.1) is 0 Å². The Balaban J connectivity index is 2.06. The number of nitrogens with zero attached hydrogens (tertiary/aromatic N) is 3. The molecule has 0 fully saturated rings. The molecule has 1 aromatic carbocycles. The molecule has 0 unspecified atom stereocenters. The summed E-state index contributed by atoms with van der Waals surface area (Å²) in [4.78, 5) is 32.3. The normalized spacial score (nSPS) is 15.4. The van der Waals surface area contributed by atoms with Crippen LogP contribution in [0.25, 0.3) is 11.4 Å². The van der Waals surface area contributed by atoms with Gasteiger partial charge in [0.25, 0.3) is 5.91 Å². The molecule has 1 atom stereocenters. The fraction of sp³-hybridized carbons (Fsp3) is 0.522. The van der Waals surface area contributed by atoms with Crippen LogP contribution in [0.15, 0.2) is 12.1 Å². The van der Waals surface area contributed by atoms with Crippen LogP contribution in [-0.2, 0) is 17.9 Å². The first-order valence-corrected chi connectivity index (χ1v) is 11.1. The largest absolute Gasteiger partial charge is 0.395 e. The predicted molar refractivity (Wildman–Crippen MR) is 119 cm³/mol. The molecule has 0 aliphatic carbocycles. The van der Waals surface area contributed by atoms with Gasteiger partial charge in [0.15, 0.2) is 17.3 Å². The average molecular weight is 482 g/mol. The number of aliphatic hydroxyl groups excluding tert-OH is 1. The first kappa shape index (κ1) is 25.7. The lowest BCUT2D eigenvalue weighted by atomic mass is 9.86. The first-order valence-electron chi connectivity index (χ1n) is 11.1. The molecule has 0 radical (unpaired) electrons. The van der Waals surface area contributed by atoms with Crippen molar-refractivity contribution in [2.45, 2.75) is 46.3 Å². The topological polar surface area (TPSA) is 99.5 Å². The second kappa shape index (κ2) is 10.1. The maximum Gasteiger partial charge on any atom is 0.272 e. The molecule has 3 rings (SSSR count). The fourth-order valence-electron chi connectivity index (χ4n) is 3.96. The van der Waals surface area contributed by atoms with E-state index in [-0.39, 0.29) is 30.2 Å². The van der Waals surface area contributed by atoms with Gasteiger partial charge in [0.05, 0.1) is 17.9 Å². The molecule has 1 aromatic heterocycles. The molecule has 1 aliphatic rings. The fourth-order valence-corrected chi connectivity index (χ4v) is 3.96. The van der Waals surface area contributed by atoms with Crippen molar-refractivity contribution in [3.8, 4) is 11.4 Å². The van der Waals surface area contributed by atoms with Crippen LogP contribution < -0.4 is 10.6 Å². The summed E-state index contributed by atoms with van der Waals surface area (Å²) in [6.45, 7) is 6.54. The van der Waals surface area contributed by atoms with E-state index in [4.69, 9.17) is 5.11 Å². The van der Waals surface area contributed by atoms with E-state index in [1.54, 1.807) is 25.3 Å². The molecule has 1 aliphatic heterocycles. The van der Waals surface area contributed by atoms with E-state index in [9.17, 15) is 22.8 Å². The number of amides is 2. The molecule has 0 saturated heterocycles. The van der Waals surface area contributed by atoms with Crippen molar-refractivity contribution in [1.82, 2.24) is 25.1 Å². The molecule has 0 bridgehead atoms. The molecule has 11 heteroatoms. The summed E-state index contributed by atoms with van der Waals surface area (Å²) >= 11 is 0. The Kier molecular flexibility index (Phi) is 7.67. The highest BCUT2D eigenvalue weighted by Crippen LogP contribution is 2.30. The van der Waals surface area contributed by atoms with Gasteiger partial charge in [0.2, 0.25) is 5.91 Å². The minimum atomic E-state index is -1.32. The smallest absolute Gasteiger partial charge is 0.272 e. The zero-order valence-corrected chi connectivity index (χ0v) is 19.7. The number of nitrogens with one attached hydrogen (secondary N) is 2. The van der Waals surface area contributed by atoms with Crippen LogP contribution in [0.1, 0.15) is 43.4 Å². The summed E-state index contributed by atoms with van der Waals surface area (Å²) in [5.41, 5.74) is -0.452. The Bertz CT molecular complexity index is 1080. The van der Waals surface area contributed by atoms with Crippen molar-refractivity contribution in [3.05, 3.63) is 41.0 Å². The number of benzene rings is 1. The van der Waals surface area contributed by atoms with Crippen molar-refractivity contribution < 1.29 is 27.9 Å². The van der Waals surface area contributed by atoms with Crippen LogP contribution in [0.4, 0.5) is 13.2 Å². The van der Waals surface area contributed by atoms with Crippen LogP contribution in [0.5, 0.6) is 0 Å². The Labute approximate surface area is 196 Å². The third-order valence-corrected chi connectivity index (χ3v) is 5.69. The van der Waals surface area contributed by atoms with E-state index in [1.165, 1.54) is 0 Å². The summed E-state index contributed by atoms with van der Waals surface area (Å²) in [5, 5.41) is 14.3. The monoisotopic (exact) mass is 481 g/mol. The van der Waals surface area contributed by atoms with Gasteiger partial charge in [-0.05, 0) is 31.5 Å². The second-order valence-corrected chi connectivity index (χ2v) is 9.51. The number of fused-ring (bicyclic) bond motifs is 1. The van der Waals surface area contributed by atoms with Gasteiger partial charge in [-0.2, -0.15) is 0 Å². The van der Waals surface area contributed by atoms with E-state index in [1.807, 2.05) is 11.9 Å². The third-order valence-electron chi connectivity index (χ3n) is 5.69. The summed E-state index contributed by atoms with van der Waals surface area (Å²) in [7, 11) is 1.86. The molecule has 2 aromatic rings. The molecule has 2 heterocycles. The van der Waals surface area contributed by atoms with E-state index in [2.05, 4.69) is 15.6 Å². The van der Waals surface area contributed by atoms with Crippen LogP contribution in [0, 0.1) is 22.9 Å². The Morgan fingerprint density at radius 3 is 2.47 bits per heavy atom. The Morgan fingerprint density at radius 2 is 1.82 bits per heavy atom. The van der Waals surface area contributed by atoms with Gasteiger partial charge in [-0.3, -0.25) is 9.59 Å². The summed E-state index contributed by atoms with van der Waals surface area (Å²) in [6, 6.07) is 0.239. The van der Waals surface area contributed by atoms with Crippen molar-refractivity contribution in [3.63, 3.8) is 0 Å². The maximum absolute atomic E-state index is 14.6. The van der Waals surface area contributed by atoms with Crippen LogP contribution >= 0.6 is 0 Å². The quantitative estimate of drug-likeness (QED) is 0.549. The van der Waals surface area contributed by atoms with Crippen LogP contribution in [-0.4, -0.2) is 64.2 Å². The highest BCUT2D eigenvalue weighted by atomic mass is 19.2. The number of halogens is 3. The first-order chi connectivity index (χ1) is 15.9. The lowest BCUT2D eigenvalue weighted by Crippen LogP contribution is -2.54. The summed E-state index contributed by atoms with van der Waals surface area (Å²) in [6.07, 6.45) is 0.674. The number of aliphatic hydroxyl groups is 1. The van der Waals surface area contributed by atoms with Gasteiger partial charge in [-0.25, -0.2) is 18.2 Å². The maximum atomic E-state index is 14.6. The molecule has 186 valence electrons. The van der Waals surface area contributed by atoms with Gasteiger partial charge < -0.3 is 25.2 Å². The molecular formula is C23H30F3N5O3. The Hall–Kier alpha value is -2.92. The van der Waals surface area contributed by atoms with E-state index < -0.39 is 40.7 Å². The van der Waals surface area contributed by atoms with Crippen molar-refractivity contribution in [2.75, 3.05) is 26.7 Å². The minimum absolute atomic E-state index is 0.0166. The van der Waals surface area contributed by atoms with Gasteiger partial charge >= 0.3 is 0 Å². The highest BCUT2D eigenvalue weighted by molar-refractivity contribution is 5.98. The summed E-state index contributed by atoms with van der Waals surface area (Å²) < 4.78 is 43.7. The Morgan fingerprint density at radius 1 is 1.15 bits per heavy atom. The zero-order valence-electron chi connectivity index (χ0n) is 19.7. The SMILES string of the molecule is CN1CCCn2c(-c3cc(F)c(F)cc3F)nc(C(=O)N[C@H](C(=O)NCCO)C(C)(C)C)c2C1. The van der Waals surface area contributed by atoms with E-state index in [0.29, 0.717) is 37.8 Å². The predicted octanol–water partition coefficient (Wildman–Crippen LogP) is 2.06. The standard InChI is InChI=1S/C23H30F3N5O3/c1-23(2,3)19(22(34)27-6-9-32)29-21(33)18-17-12-30(4)7-5-8-31(17)20(28-18)13-10-15(25)16(26)11-14(13)24/h10-11,19,32H,5-9,12H2,1-4H3,(H,27,34)(H,29,33)/t19-/m1/s1. The molecule has 0 saturated carbocycles. The van der Waals surface area contributed by atoms with E-state index >= 15 is 0 Å². The van der Waals surface area contributed by atoms with Crippen molar-refractivity contribution in [2.24, 2.45) is 5.41 Å². The van der Waals surface area contributed by atoms with Crippen LogP contribution in [0.3, 0.4) is 0 Å². The number of aromatic nitrogens is 2. The molecule has 34 heavy (non-hydrogen) atoms. The van der Waals surface area contributed by atoms with Gasteiger partial charge in [0, 0.05) is 25.7 Å². The van der Waals surface area contributed by atoms with Gasteiger partial charge in [0.1, 0.15) is 17.7 Å². The average Bonchev–Trinajstić information content (AvgIpc) is 2.97. The van der Waals surface area contributed by atoms with Gasteiger partial charge in [-0.1, -0.05) is 20.8 Å². The molecular weight excluding hydrogens is 451 g/mol. The molecule has 8 nitrogen and oxygen atoms in total. The highest BCUT2D eigenvalue weighted by Gasteiger charge is 2.35. The second-order valence-electron chi connectivity index (χ2n) is 9.51.